The van der Waals surface area contributed by atoms with Gasteiger partial charge in [0.15, 0.2) is 11.5 Å². The smallest absolute Gasteiger partial charge is 0.314 e. The van der Waals surface area contributed by atoms with Gasteiger partial charge in [-0.3, -0.25) is 0 Å². The SMILES string of the molecule is COc1cc(C(CNC(=O)NCC(C)C)N(C)C)cc(OC)c1OC. The molecule has 2 N–H and O–H groups in total. The number of rotatable bonds is 9. The Hall–Kier alpha value is -2.15. The molecule has 0 heterocycles. The van der Waals surface area contributed by atoms with Crippen LogP contribution in [0.25, 0.3) is 0 Å². The summed E-state index contributed by atoms with van der Waals surface area (Å²) in [6.45, 7) is 5.20. The van der Waals surface area contributed by atoms with Gasteiger partial charge in [0.25, 0.3) is 0 Å². The van der Waals surface area contributed by atoms with Crippen LogP contribution >= 0.6 is 0 Å². The first-order chi connectivity index (χ1) is 11.8. The first-order valence-corrected chi connectivity index (χ1v) is 8.32. The van der Waals surface area contributed by atoms with E-state index in [1.807, 2.05) is 31.1 Å². The molecule has 0 aromatic heterocycles. The summed E-state index contributed by atoms with van der Waals surface area (Å²) in [6, 6.07) is 3.59. The molecule has 1 aromatic rings. The summed E-state index contributed by atoms with van der Waals surface area (Å²) < 4.78 is 16.2. The van der Waals surface area contributed by atoms with Crippen LogP contribution in [-0.4, -0.2) is 59.4 Å². The predicted octanol–water partition coefficient (Wildman–Crippen LogP) is 2.27. The van der Waals surface area contributed by atoms with Gasteiger partial charge in [-0.25, -0.2) is 4.79 Å². The zero-order valence-electron chi connectivity index (χ0n) is 16.3. The monoisotopic (exact) mass is 353 g/mol. The van der Waals surface area contributed by atoms with Crippen LogP contribution < -0.4 is 24.8 Å². The maximum Gasteiger partial charge on any atom is 0.314 e. The fourth-order valence-electron chi connectivity index (χ4n) is 2.44. The summed E-state index contributed by atoms with van der Waals surface area (Å²) >= 11 is 0. The van der Waals surface area contributed by atoms with Crippen molar-refractivity contribution in [2.24, 2.45) is 5.92 Å². The summed E-state index contributed by atoms with van der Waals surface area (Å²) in [5.41, 5.74) is 0.962. The lowest BCUT2D eigenvalue weighted by molar-refractivity contribution is 0.231. The highest BCUT2D eigenvalue weighted by Gasteiger charge is 2.21. The number of ether oxygens (including phenoxy) is 3. The first-order valence-electron chi connectivity index (χ1n) is 8.32. The number of likely N-dealkylation sites (N-methyl/N-ethyl adjacent to an activating group) is 1. The third-order valence-electron chi connectivity index (χ3n) is 3.82. The quantitative estimate of drug-likeness (QED) is 0.713. The summed E-state index contributed by atoms with van der Waals surface area (Å²) in [5.74, 6) is 2.14. The van der Waals surface area contributed by atoms with E-state index >= 15 is 0 Å². The Kier molecular flexibility index (Phi) is 8.34. The zero-order valence-corrected chi connectivity index (χ0v) is 16.3. The first kappa shape index (κ1) is 20.9. The molecule has 0 aliphatic rings. The standard InChI is InChI=1S/C18H31N3O4/c1-12(2)10-19-18(22)20-11-14(21(3)4)13-8-15(23-5)17(25-7)16(9-13)24-6/h8-9,12,14H,10-11H2,1-7H3,(H2,19,20,22). The fraction of sp³-hybridized carbons (Fsp3) is 0.611. The Balaban J connectivity index is 2.97. The largest absolute Gasteiger partial charge is 0.493 e. The number of nitrogens with zero attached hydrogens (tertiary/aromatic N) is 1. The molecule has 0 radical (unpaired) electrons. The van der Waals surface area contributed by atoms with Gasteiger partial charge in [0.05, 0.1) is 27.4 Å². The van der Waals surface area contributed by atoms with E-state index in [1.165, 1.54) is 0 Å². The van der Waals surface area contributed by atoms with E-state index < -0.39 is 0 Å². The van der Waals surface area contributed by atoms with Crippen LogP contribution in [0.15, 0.2) is 12.1 Å². The molecule has 142 valence electrons. The van der Waals surface area contributed by atoms with Crippen molar-refractivity contribution in [1.29, 1.82) is 0 Å². The minimum atomic E-state index is -0.173. The molecule has 25 heavy (non-hydrogen) atoms. The van der Waals surface area contributed by atoms with Crippen molar-refractivity contribution in [1.82, 2.24) is 15.5 Å². The molecule has 0 aliphatic heterocycles. The van der Waals surface area contributed by atoms with E-state index in [4.69, 9.17) is 14.2 Å². The lowest BCUT2D eigenvalue weighted by Crippen LogP contribution is -2.41. The lowest BCUT2D eigenvalue weighted by Gasteiger charge is -2.26. The van der Waals surface area contributed by atoms with Gasteiger partial charge < -0.3 is 29.7 Å². The number of nitrogens with one attached hydrogen (secondary N) is 2. The number of amides is 2. The molecule has 7 nitrogen and oxygen atoms in total. The highest BCUT2D eigenvalue weighted by molar-refractivity contribution is 5.73. The molecular formula is C18H31N3O4. The van der Waals surface area contributed by atoms with Crippen LogP contribution in [0.1, 0.15) is 25.5 Å². The van der Waals surface area contributed by atoms with Crippen LogP contribution in [0.3, 0.4) is 0 Å². The number of carbonyl (C=O) groups is 1. The van der Waals surface area contributed by atoms with E-state index in [0.717, 1.165) is 5.56 Å². The molecule has 7 heteroatoms. The number of benzene rings is 1. The second kappa shape index (κ2) is 9.98. The topological polar surface area (TPSA) is 72.1 Å². The van der Waals surface area contributed by atoms with Crippen LogP contribution in [0.2, 0.25) is 0 Å². The molecule has 0 fully saturated rings. The van der Waals surface area contributed by atoms with Gasteiger partial charge in [-0.05, 0) is 37.7 Å². The normalized spacial score (nSPS) is 12.0. The molecule has 1 atom stereocenters. The molecule has 2 amide bonds. The van der Waals surface area contributed by atoms with Gasteiger partial charge >= 0.3 is 6.03 Å². The van der Waals surface area contributed by atoms with Crippen molar-refractivity contribution >= 4 is 6.03 Å². The Labute approximate surface area is 150 Å². The minimum absolute atomic E-state index is 0.0430. The molecule has 1 rings (SSSR count). The predicted molar refractivity (Wildman–Crippen MR) is 98.8 cm³/mol. The number of hydrogen-bond donors (Lipinski definition) is 2. The van der Waals surface area contributed by atoms with Gasteiger partial charge in [0, 0.05) is 13.1 Å². The van der Waals surface area contributed by atoms with Gasteiger partial charge in [0.2, 0.25) is 5.75 Å². The molecule has 0 aliphatic carbocycles. The molecule has 1 aromatic carbocycles. The number of carbonyl (C=O) groups excluding carboxylic acids is 1. The van der Waals surface area contributed by atoms with Crippen molar-refractivity contribution in [2.45, 2.75) is 19.9 Å². The van der Waals surface area contributed by atoms with Crippen LogP contribution in [-0.2, 0) is 0 Å². The van der Waals surface area contributed by atoms with Crippen LogP contribution in [0.4, 0.5) is 4.79 Å². The van der Waals surface area contributed by atoms with Crippen molar-refractivity contribution in [3.05, 3.63) is 17.7 Å². The van der Waals surface area contributed by atoms with Crippen molar-refractivity contribution in [3.8, 4) is 17.2 Å². The Morgan fingerprint density at radius 2 is 1.52 bits per heavy atom. The van der Waals surface area contributed by atoms with E-state index in [9.17, 15) is 4.79 Å². The number of hydrogen-bond acceptors (Lipinski definition) is 5. The number of methoxy groups -OCH3 is 3. The molecular weight excluding hydrogens is 322 g/mol. The van der Waals surface area contributed by atoms with Crippen LogP contribution in [0.5, 0.6) is 17.2 Å². The van der Waals surface area contributed by atoms with Gasteiger partial charge in [-0.15, -0.1) is 0 Å². The van der Waals surface area contributed by atoms with E-state index in [2.05, 4.69) is 24.5 Å². The summed E-state index contributed by atoms with van der Waals surface area (Å²) in [6.07, 6.45) is 0. The third-order valence-corrected chi connectivity index (χ3v) is 3.82. The van der Waals surface area contributed by atoms with Gasteiger partial charge in [0.1, 0.15) is 0 Å². The molecule has 0 spiro atoms. The Morgan fingerprint density at radius 1 is 1.00 bits per heavy atom. The second-order valence-electron chi connectivity index (χ2n) is 6.42. The summed E-state index contributed by atoms with van der Waals surface area (Å²) in [7, 11) is 8.67. The minimum Gasteiger partial charge on any atom is -0.493 e. The highest BCUT2D eigenvalue weighted by atomic mass is 16.5. The van der Waals surface area contributed by atoms with E-state index in [0.29, 0.717) is 36.3 Å². The molecule has 0 bridgehead atoms. The van der Waals surface area contributed by atoms with Gasteiger partial charge in [-0.1, -0.05) is 13.8 Å². The second-order valence-corrected chi connectivity index (χ2v) is 6.42. The van der Waals surface area contributed by atoms with Crippen LogP contribution in [0, 0.1) is 5.92 Å². The number of urea groups is 1. The van der Waals surface area contributed by atoms with E-state index in [1.54, 1.807) is 21.3 Å². The maximum absolute atomic E-state index is 11.9. The summed E-state index contributed by atoms with van der Waals surface area (Å²) in [5, 5.41) is 5.77. The zero-order chi connectivity index (χ0) is 19.0. The average molecular weight is 353 g/mol. The Morgan fingerprint density at radius 3 is 1.92 bits per heavy atom. The molecule has 0 saturated heterocycles. The summed E-state index contributed by atoms with van der Waals surface area (Å²) in [4.78, 5) is 14.0. The average Bonchev–Trinajstić information content (AvgIpc) is 2.58. The molecule has 1 unspecified atom stereocenters. The van der Waals surface area contributed by atoms with Crippen molar-refractivity contribution in [2.75, 3.05) is 48.5 Å². The highest BCUT2D eigenvalue weighted by Crippen LogP contribution is 2.40. The fourth-order valence-corrected chi connectivity index (χ4v) is 2.44. The van der Waals surface area contributed by atoms with Gasteiger partial charge in [-0.2, -0.15) is 0 Å². The third kappa shape index (κ3) is 6.01. The van der Waals surface area contributed by atoms with Crippen molar-refractivity contribution < 1.29 is 19.0 Å². The van der Waals surface area contributed by atoms with Crippen molar-refractivity contribution in [3.63, 3.8) is 0 Å². The molecule has 0 saturated carbocycles. The van der Waals surface area contributed by atoms with E-state index in [-0.39, 0.29) is 12.1 Å². The maximum atomic E-state index is 11.9. The Bertz CT molecular complexity index is 536. The lowest BCUT2D eigenvalue weighted by atomic mass is 10.0.